The minimum Gasteiger partial charge on any atom is -1.00 e. The molecule has 0 heterocycles. The molecule has 24 heavy (non-hydrogen) atoms. The molecule has 0 bridgehead atoms. The summed E-state index contributed by atoms with van der Waals surface area (Å²) in [5.41, 5.74) is 2.02. The predicted octanol–water partition coefficient (Wildman–Crippen LogP) is -0.615. The van der Waals surface area contributed by atoms with Crippen LogP contribution in [0.3, 0.4) is 0 Å². The lowest BCUT2D eigenvalue weighted by atomic mass is 10.1. The quantitative estimate of drug-likeness (QED) is 0.484. The lowest BCUT2D eigenvalue weighted by molar-refractivity contribution is -0.880. The molecule has 0 fully saturated rings. The minimum absolute atomic E-state index is 0. The van der Waals surface area contributed by atoms with Gasteiger partial charge in [0.05, 0.1) is 19.2 Å². The van der Waals surface area contributed by atoms with Gasteiger partial charge in [0, 0.05) is 0 Å². The highest BCUT2D eigenvalue weighted by Gasteiger charge is 2.08. The van der Waals surface area contributed by atoms with Crippen LogP contribution in [0.1, 0.15) is 28.8 Å². The molecule has 0 aliphatic heterocycles. The molecule has 0 aromatic heterocycles. The van der Waals surface area contributed by atoms with Crippen LogP contribution in [-0.4, -0.2) is 32.7 Å². The molecule has 2 aromatic carbocycles. The van der Waals surface area contributed by atoms with Crippen molar-refractivity contribution in [3.63, 3.8) is 0 Å². The van der Waals surface area contributed by atoms with E-state index >= 15 is 0 Å². The Labute approximate surface area is 151 Å². The summed E-state index contributed by atoms with van der Waals surface area (Å²) in [6.07, 6.45) is 3.52. The van der Waals surface area contributed by atoms with Crippen molar-refractivity contribution in [1.82, 2.24) is 0 Å². The molecule has 0 aliphatic rings. The molecule has 0 aliphatic carbocycles. The van der Waals surface area contributed by atoms with Crippen LogP contribution >= 0.6 is 0 Å². The van der Waals surface area contributed by atoms with Crippen molar-refractivity contribution in [2.75, 3.05) is 26.7 Å². The summed E-state index contributed by atoms with van der Waals surface area (Å²) >= 11 is 0. The summed E-state index contributed by atoms with van der Waals surface area (Å²) in [6.45, 7) is 2.43. The number of esters is 1. The normalized spacial score (nSPS) is 11.4. The summed E-state index contributed by atoms with van der Waals surface area (Å²) in [5.74, 6) is -0.234. The number of halogens is 1. The third-order valence-corrected chi connectivity index (χ3v) is 3.93. The molecule has 0 radical (unpaired) electrons. The van der Waals surface area contributed by atoms with Gasteiger partial charge in [-0.15, -0.1) is 0 Å². The minimum atomic E-state index is -0.234. The van der Waals surface area contributed by atoms with Gasteiger partial charge in [-0.2, -0.15) is 0 Å². The van der Waals surface area contributed by atoms with Gasteiger partial charge < -0.3 is 22.0 Å². The Bertz CT molecular complexity index is 575. The highest BCUT2D eigenvalue weighted by molar-refractivity contribution is 5.89. The number of unbranched alkanes of at least 4 members (excludes halogenated alkanes) is 1. The maximum Gasteiger partial charge on any atom is 0.338 e. The average Bonchev–Trinajstić information content (AvgIpc) is 2.60. The van der Waals surface area contributed by atoms with Crippen molar-refractivity contribution in [2.45, 2.75) is 19.3 Å². The lowest BCUT2D eigenvalue weighted by Gasteiger charge is -2.14. The van der Waals surface area contributed by atoms with Crippen molar-refractivity contribution in [1.29, 1.82) is 0 Å². The zero-order valence-corrected chi connectivity index (χ0v) is 15.0. The second kappa shape index (κ2) is 11.7. The van der Waals surface area contributed by atoms with E-state index < -0.39 is 0 Å². The number of hydrogen-bond acceptors (Lipinski definition) is 2. The first-order chi connectivity index (χ1) is 11.3. The van der Waals surface area contributed by atoms with E-state index in [4.69, 9.17) is 4.74 Å². The summed E-state index contributed by atoms with van der Waals surface area (Å²) in [5, 5.41) is 0. The highest BCUT2D eigenvalue weighted by atomic mass is 35.5. The van der Waals surface area contributed by atoms with Crippen LogP contribution in [0.25, 0.3) is 0 Å². The van der Waals surface area contributed by atoms with E-state index in [9.17, 15) is 4.79 Å². The van der Waals surface area contributed by atoms with E-state index in [1.165, 1.54) is 23.3 Å². The van der Waals surface area contributed by atoms with Gasteiger partial charge in [-0.25, -0.2) is 4.79 Å². The second-order valence-electron chi connectivity index (χ2n) is 5.90. The molecule has 0 spiro atoms. The molecule has 1 N–H and O–H groups in total. The predicted molar refractivity (Wildman–Crippen MR) is 92.7 cm³/mol. The molecule has 1 atom stereocenters. The Balaban J connectivity index is 0.00000288. The Morgan fingerprint density at radius 2 is 1.54 bits per heavy atom. The fourth-order valence-corrected chi connectivity index (χ4v) is 2.50. The third kappa shape index (κ3) is 7.62. The second-order valence-corrected chi connectivity index (χ2v) is 5.90. The summed E-state index contributed by atoms with van der Waals surface area (Å²) in [6, 6.07) is 19.7. The highest BCUT2D eigenvalue weighted by Crippen LogP contribution is 2.03. The van der Waals surface area contributed by atoms with Gasteiger partial charge in [0.15, 0.2) is 0 Å². The molecule has 1 unspecified atom stereocenters. The molecular weight excluding hydrogens is 322 g/mol. The molecule has 2 aromatic rings. The first-order valence-electron chi connectivity index (χ1n) is 8.33. The molecular formula is C20H26ClNO2. The van der Waals surface area contributed by atoms with E-state index in [1.54, 1.807) is 12.1 Å². The van der Waals surface area contributed by atoms with Crippen LogP contribution in [0.4, 0.5) is 0 Å². The number of carbonyl (C=O) groups excluding carboxylic acids is 1. The molecule has 4 heteroatoms. The number of rotatable bonds is 9. The van der Waals surface area contributed by atoms with Gasteiger partial charge in [-0.05, 0) is 37.0 Å². The molecule has 2 rings (SSSR count). The van der Waals surface area contributed by atoms with Crippen LogP contribution in [0.2, 0.25) is 0 Å². The smallest absolute Gasteiger partial charge is 0.338 e. The number of carbonyl (C=O) groups is 1. The van der Waals surface area contributed by atoms with E-state index in [0.29, 0.717) is 12.2 Å². The average molecular weight is 348 g/mol. The number of nitrogens with one attached hydrogen (secondary N) is 1. The van der Waals surface area contributed by atoms with Crippen molar-refractivity contribution in [3.8, 4) is 0 Å². The Morgan fingerprint density at radius 3 is 2.21 bits per heavy atom. The number of likely N-dealkylation sites (N-methyl/N-ethyl adjacent to an activating group) is 1. The fraction of sp³-hybridized carbons (Fsp3) is 0.350. The first kappa shape index (κ1) is 20.2. The Kier molecular flexibility index (Phi) is 9.81. The molecule has 0 amide bonds. The number of ether oxygens (including phenoxy) is 1. The van der Waals surface area contributed by atoms with Crippen molar-refractivity contribution < 1.29 is 26.8 Å². The standard InChI is InChI=1S/C20H25NO2.ClH/c1-21(15-9-8-12-18-10-4-2-5-11-18)16-17-23-20(22)19-13-6-3-7-14-19;/h2-7,10-11,13-14H,8-9,12,15-17H2,1H3;1H. The van der Waals surface area contributed by atoms with E-state index in [2.05, 4.69) is 37.4 Å². The van der Waals surface area contributed by atoms with Gasteiger partial charge in [-0.3, -0.25) is 0 Å². The third-order valence-electron chi connectivity index (χ3n) is 3.93. The van der Waals surface area contributed by atoms with Crippen LogP contribution < -0.4 is 17.3 Å². The van der Waals surface area contributed by atoms with Crippen LogP contribution in [0.5, 0.6) is 0 Å². The Hall–Kier alpha value is -1.84. The van der Waals surface area contributed by atoms with Gasteiger partial charge in [-0.1, -0.05) is 48.5 Å². The van der Waals surface area contributed by atoms with E-state index in [0.717, 1.165) is 19.5 Å². The van der Waals surface area contributed by atoms with Crippen molar-refractivity contribution in [3.05, 3.63) is 71.8 Å². The largest absolute Gasteiger partial charge is 1.00 e. The zero-order valence-electron chi connectivity index (χ0n) is 14.2. The molecule has 130 valence electrons. The lowest BCUT2D eigenvalue weighted by Crippen LogP contribution is -3.09. The number of aryl methyl sites for hydroxylation is 1. The SMILES string of the molecule is C[NH+](CCCCc1ccccc1)CCOC(=O)c1ccccc1.[Cl-]. The zero-order chi connectivity index (χ0) is 16.3. The van der Waals surface area contributed by atoms with Crippen LogP contribution in [0, 0.1) is 0 Å². The number of quaternary nitrogens is 1. The van der Waals surface area contributed by atoms with Crippen LogP contribution in [0.15, 0.2) is 60.7 Å². The number of hydrogen-bond donors (Lipinski definition) is 1. The van der Waals surface area contributed by atoms with Crippen LogP contribution in [-0.2, 0) is 11.2 Å². The fourth-order valence-electron chi connectivity index (χ4n) is 2.50. The van der Waals surface area contributed by atoms with Crippen molar-refractivity contribution in [2.24, 2.45) is 0 Å². The first-order valence-corrected chi connectivity index (χ1v) is 8.33. The Morgan fingerprint density at radius 1 is 0.917 bits per heavy atom. The maximum atomic E-state index is 11.8. The number of benzene rings is 2. The topological polar surface area (TPSA) is 30.7 Å². The summed E-state index contributed by atoms with van der Waals surface area (Å²) in [4.78, 5) is 13.2. The van der Waals surface area contributed by atoms with Crippen molar-refractivity contribution >= 4 is 5.97 Å². The summed E-state index contributed by atoms with van der Waals surface area (Å²) in [7, 11) is 2.15. The van der Waals surface area contributed by atoms with Gasteiger partial charge in [0.25, 0.3) is 0 Å². The molecule has 0 saturated heterocycles. The van der Waals surface area contributed by atoms with E-state index in [1.807, 2.05) is 18.2 Å². The maximum absolute atomic E-state index is 11.8. The van der Waals surface area contributed by atoms with Gasteiger partial charge in [0.2, 0.25) is 0 Å². The summed E-state index contributed by atoms with van der Waals surface area (Å²) < 4.78 is 5.31. The monoisotopic (exact) mass is 347 g/mol. The van der Waals surface area contributed by atoms with Gasteiger partial charge in [0.1, 0.15) is 13.2 Å². The molecule has 3 nitrogen and oxygen atoms in total. The van der Waals surface area contributed by atoms with E-state index in [-0.39, 0.29) is 18.4 Å². The van der Waals surface area contributed by atoms with Gasteiger partial charge >= 0.3 is 5.97 Å². The molecule has 0 saturated carbocycles.